The molecule has 0 spiro atoms. The largest absolute Gasteiger partial charge is 0.379 e. The van der Waals surface area contributed by atoms with Gasteiger partial charge in [-0.15, -0.1) is 0 Å². The summed E-state index contributed by atoms with van der Waals surface area (Å²) in [5, 5.41) is 14.3. The number of piperazine rings is 1. The average molecular weight is 405 g/mol. The highest BCUT2D eigenvalue weighted by Crippen LogP contribution is 2.28. The molecule has 1 aromatic rings. The Labute approximate surface area is 171 Å². The summed E-state index contributed by atoms with van der Waals surface area (Å²) < 4.78 is 5.41. The maximum absolute atomic E-state index is 12.4. The summed E-state index contributed by atoms with van der Waals surface area (Å²) in [5.41, 5.74) is 0.669. The van der Waals surface area contributed by atoms with Crippen molar-refractivity contribution in [3.63, 3.8) is 0 Å². The van der Waals surface area contributed by atoms with Gasteiger partial charge in [0.15, 0.2) is 0 Å². The molecule has 3 rings (SSSR count). The molecule has 0 bridgehead atoms. The Kier molecular flexibility index (Phi) is 7.05. The summed E-state index contributed by atoms with van der Waals surface area (Å²) in [7, 11) is 0. The number of hydrogen-bond donors (Lipinski definition) is 1. The molecule has 2 heterocycles. The molecule has 0 saturated carbocycles. The Morgan fingerprint density at radius 3 is 2.45 bits per heavy atom. The SMILES string of the molecule is CC(C)(CNC(=O)CN1CCN(c2ccccc2[N+](=O)[O-])CC1)N1CCOCC1. The molecular formula is C20H31N5O4. The molecule has 2 aliphatic rings. The third-order valence-electron chi connectivity index (χ3n) is 5.74. The molecule has 1 aromatic carbocycles. The number of nitro benzene ring substituents is 1. The number of morpholine rings is 1. The maximum atomic E-state index is 12.4. The van der Waals surface area contributed by atoms with Crippen LogP contribution in [0.4, 0.5) is 11.4 Å². The Morgan fingerprint density at radius 1 is 1.14 bits per heavy atom. The number of hydrogen-bond acceptors (Lipinski definition) is 7. The first kappa shape index (κ1) is 21.5. The fourth-order valence-corrected chi connectivity index (χ4v) is 3.89. The van der Waals surface area contributed by atoms with Crippen molar-refractivity contribution >= 4 is 17.3 Å². The third-order valence-corrected chi connectivity index (χ3v) is 5.74. The number of rotatable bonds is 7. The summed E-state index contributed by atoms with van der Waals surface area (Å²) >= 11 is 0. The number of anilines is 1. The van der Waals surface area contributed by atoms with Gasteiger partial charge in [-0.25, -0.2) is 0 Å². The van der Waals surface area contributed by atoms with Gasteiger partial charge in [0.1, 0.15) is 5.69 Å². The van der Waals surface area contributed by atoms with Gasteiger partial charge in [0.2, 0.25) is 5.91 Å². The van der Waals surface area contributed by atoms with Crippen LogP contribution < -0.4 is 10.2 Å². The zero-order valence-corrected chi connectivity index (χ0v) is 17.3. The molecule has 0 atom stereocenters. The zero-order valence-electron chi connectivity index (χ0n) is 17.3. The van der Waals surface area contributed by atoms with Crippen LogP contribution in [0.5, 0.6) is 0 Å². The van der Waals surface area contributed by atoms with Crippen molar-refractivity contribution in [3.8, 4) is 0 Å². The maximum Gasteiger partial charge on any atom is 0.292 e. The van der Waals surface area contributed by atoms with E-state index in [1.807, 2.05) is 11.0 Å². The van der Waals surface area contributed by atoms with Crippen LogP contribution in [-0.2, 0) is 9.53 Å². The lowest BCUT2D eigenvalue weighted by Crippen LogP contribution is -2.56. The first-order chi connectivity index (χ1) is 13.9. The highest BCUT2D eigenvalue weighted by molar-refractivity contribution is 5.78. The van der Waals surface area contributed by atoms with E-state index in [4.69, 9.17) is 4.74 Å². The number of benzene rings is 1. The first-order valence-electron chi connectivity index (χ1n) is 10.2. The van der Waals surface area contributed by atoms with E-state index in [1.54, 1.807) is 12.1 Å². The van der Waals surface area contributed by atoms with Crippen LogP contribution in [-0.4, -0.2) is 91.7 Å². The van der Waals surface area contributed by atoms with Crippen LogP contribution in [0.15, 0.2) is 24.3 Å². The molecule has 2 aliphatic heterocycles. The summed E-state index contributed by atoms with van der Waals surface area (Å²) in [6, 6.07) is 6.82. The molecule has 9 heteroatoms. The zero-order chi connectivity index (χ0) is 20.9. The van der Waals surface area contributed by atoms with Crippen molar-refractivity contribution in [2.75, 3.05) is 70.5 Å². The minimum atomic E-state index is -0.342. The molecule has 2 saturated heterocycles. The minimum Gasteiger partial charge on any atom is -0.379 e. The minimum absolute atomic E-state index is 0.0190. The molecule has 0 radical (unpaired) electrons. The van der Waals surface area contributed by atoms with Crippen LogP contribution in [0.1, 0.15) is 13.8 Å². The van der Waals surface area contributed by atoms with Crippen molar-refractivity contribution < 1.29 is 14.5 Å². The van der Waals surface area contributed by atoms with Gasteiger partial charge in [-0.2, -0.15) is 0 Å². The quantitative estimate of drug-likeness (QED) is 0.533. The number of nitrogens with zero attached hydrogens (tertiary/aromatic N) is 4. The lowest BCUT2D eigenvalue weighted by atomic mass is 10.0. The molecule has 0 aliphatic carbocycles. The molecule has 9 nitrogen and oxygen atoms in total. The summed E-state index contributed by atoms with van der Waals surface area (Å²) in [6.45, 7) is 11.2. The Hall–Kier alpha value is -2.23. The predicted molar refractivity (Wildman–Crippen MR) is 111 cm³/mol. The highest BCUT2D eigenvalue weighted by Gasteiger charge is 2.29. The summed E-state index contributed by atoms with van der Waals surface area (Å²) in [5.74, 6) is 0.0190. The Morgan fingerprint density at radius 2 is 1.79 bits per heavy atom. The number of carbonyl (C=O) groups excluding carboxylic acids is 1. The van der Waals surface area contributed by atoms with Crippen LogP contribution in [0.3, 0.4) is 0 Å². The van der Waals surface area contributed by atoms with E-state index in [-0.39, 0.29) is 22.1 Å². The van der Waals surface area contributed by atoms with E-state index in [0.29, 0.717) is 45.0 Å². The summed E-state index contributed by atoms with van der Waals surface area (Å²) in [6.07, 6.45) is 0. The Bertz CT molecular complexity index is 713. The smallest absolute Gasteiger partial charge is 0.292 e. The topological polar surface area (TPSA) is 91.2 Å². The van der Waals surface area contributed by atoms with Crippen molar-refractivity contribution in [1.29, 1.82) is 0 Å². The van der Waals surface area contributed by atoms with Gasteiger partial charge in [-0.05, 0) is 19.9 Å². The summed E-state index contributed by atoms with van der Waals surface area (Å²) in [4.78, 5) is 29.8. The van der Waals surface area contributed by atoms with Gasteiger partial charge in [-0.3, -0.25) is 24.7 Å². The van der Waals surface area contributed by atoms with Gasteiger partial charge >= 0.3 is 0 Å². The number of para-hydroxylation sites is 2. The second-order valence-electron chi connectivity index (χ2n) is 8.20. The van der Waals surface area contributed by atoms with E-state index >= 15 is 0 Å². The lowest BCUT2D eigenvalue weighted by Gasteiger charge is -2.41. The molecule has 0 unspecified atom stereocenters. The van der Waals surface area contributed by atoms with Crippen molar-refractivity contribution in [3.05, 3.63) is 34.4 Å². The van der Waals surface area contributed by atoms with Crippen LogP contribution in [0.2, 0.25) is 0 Å². The van der Waals surface area contributed by atoms with Crippen LogP contribution in [0, 0.1) is 10.1 Å². The lowest BCUT2D eigenvalue weighted by molar-refractivity contribution is -0.384. The number of ether oxygens (including phenoxy) is 1. The Balaban J connectivity index is 1.45. The van der Waals surface area contributed by atoms with Gasteiger partial charge < -0.3 is 15.0 Å². The second kappa shape index (κ2) is 9.51. The van der Waals surface area contributed by atoms with E-state index in [0.717, 1.165) is 26.3 Å². The van der Waals surface area contributed by atoms with Gasteiger partial charge in [0, 0.05) is 57.4 Å². The molecule has 2 fully saturated rings. The van der Waals surface area contributed by atoms with Crippen molar-refractivity contribution in [2.24, 2.45) is 0 Å². The van der Waals surface area contributed by atoms with E-state index < -0.39 is 0 Å². The molecule has 1 amide bonds. The van der Waals surface area contributed by atoms with Crippen LogP contribution in [0.25, 0.3) is 0 Å². The number of nitrogens with one attached hydrogen (secondary N) is 1. The van der Waals surface area contributed by atoms with Crippen molar-refractivity contribution in [2.45, 2.75) is 19.4 Å². The molecular weight excluding hydrogens is 374 g/mol. The number of carbonyl (C=O) groups is 1. The number of amides is 1. The fraction of sp³-hybridized carbons (Fsp3) is 0.650. The van der Waals surface area contributed by atoms with Crippen molar-refractivity contribution in [1.82, 2.24) is 15.1 Å². The van der Waals surface area contributed by atoms with E-state index in [2.05, 4.69) is 29.0 Å². The van der Waals surface area contributed by atoms with Gasteiger partial charge in [0.05, 0.1) is 24.7 Å². The molecule has 1 N–H and O–H groups in total. The van der Waals surface area contributed by atoms with Gasteiger partial charge in [0.25, 0.3) is 5.69 Å². The normalized spacial score (nSPS) is 19.2. The van der Waals surface area contributed by atoms with Crippen LogP contribution >= 0.6 is 0 Å². The molecule has 160 valence electrons. The third kappa shape index (κ3) is 5.65. The highest BCUT2D eigenvalue weighted by atomic mass is 16.6. The fourth-order valence-electron chi connectivity index (χ4n) is 3.89. The average Bonchev–Trinajstić information content (AvgIpc) is 2.73. The van der Waals surface area contributed by atoms with E-state index in [1.165, 1.54) is 6.07 Å². The second-order valence-corrected chi connectivity index (χ2v) is 8.20. The number of nitro groups is 1. The molecule has 29 heavy (non-hydrogen) atoms. The molecule has 0 aromatic heterocycles. The standard InChI is InChI=1S/C20H31N5O4/c1-20(2,24-11-13-29-14-12-24)16-21-19(26)15-22-7-9-23(10-8-22)17-5-3-4-6-18(17)25(27)28/h3-6H,7-16H2,1-2H3,(H,21,26). The van der Waals surface area contributed by atoms with E-state index in [9.17, 15) is 14.9 Å². The van der Waals surface area contributed by atoms with Gasteiger partial charge in [-0.1, -0.05) is 12.1 Å². The monoisotopic (exact) mass is 405 g/mol. The first-order valence-corrected chi connectivity index (χ1v) is 10.2. The predicted octanol–water partition coefficient (Wildman–Crippen LogP) is 0.944.